The van der Waals surface area contributed by atoms with Gasteiger partial charge in [0.15, 0.2) is 4.80 Å². The van der Waals surface area contributed by atoms with Crippen LogP contribution in [0.15, 0.2) is 34.8 Å². The fourth-order valence-corrected chi connectivity index (χ4v) is 2.86. The number of aliphatic carboxylic acids is 1. The Bertz CT molecular complexity index is 706. The predicted molar refractivity (Wildman–Crippen MR) is 85.3 cm³/mol. The number of benzene rings is 1. The molecule has 0 aliphatic heterocycles. The third kappa shape index (κ3) is 3.74. The fraction of sp³-hybridized carbons (Fsp3) is 0.333. The Morgan fingerprint density at radius 2 is 2.29 bits per heavy atom. The lowest BCUT2D eigenvalue weighted by molar-refractivity contribution is -0.138. The molecule has 21 heavy (non-hydrogen) atoms. The van der Waals surface area contributed by atoms with Gasteiger partial charge in [0.2, 0.25) is 0 Å². The van der Waals surface area contributed by atoms with Crippen LogP contribution < -0.4 is 4.80 Å². The summed E-state index contributed by atoms with van der Waals surface area (Å²) in [6.07, 6.45) is 3.01. The summed E-state index contributed by atoms with van der Waals surface area (Å²) in [5, 5.41) is 11.6. The Morgan fingerprint density at radius 3 is 2.95 bits per heavy atom. The van der Waals surface area contributed by atoms with Gasteiger partial charge in [-0.15, -0.1) is 11.3 Å². The van der Waals surface area contributed by atoms with Crippen LogP contribution in [-0.2, 0) is 11.3 Å². The van der Waals surface area contributed by atoms with Crippen LogP contribution in [0.3, 0.4) is 0 Å². The van der Waals surface area contributed by atoms with Gasteiger partial charge in [0, 0.05) is 18.1 Å². The number of carbonyl (C=O) groups is 1. The summed E-state index contributed by atoms with van der Waals surface area (Å²) in [5.41, 5.74) is 1.30. The number of aromatic nitrogens is 1. The van der Waals surface area contributed by atoms with Crippen molar-refractivity contribution < 1.29 is 9.90 Å². The van der Waals surface area contributed by atoms with Crippen LogP contribution in [0.5, 0.6) is 0 Å². The molecule has 1 N–H and O–H groups in total. The van der Waals surface area contributed by atoms with Crippen LogP contribution in [0.1, 0.15) is 31.7 Å². The summed E-state index contributed by atoms with van der Waals surface area (Å²) in [7, 11) is 0. The minimum absolute atomic E-state index is 0.521. The molecule has 0 spiro atoms. The molecule has 4 nitrogen and oxygen atoms in total. The number of carboxylic acid groups (broad SMARTS) is 1. The molecule has 1 heterocycles. The lowest BCUT2D eigenvalue weighted by Gasteiger charge is -2.08. The summed E-state index contributed by atoms with van der Waals surface area (Å²) >= 11 is 7.72. The molecule has 0 amide bonds. The van der Waals surface area contributed by atoms with E-state index in [4.69, 9.17) is 16.7 Å². The molecule has 112 valence electrons. The van der Waals surface area contributed by atoms with Gasteiger partial charge in [-0.05, 0) is 31.0 Å². The summed E-state index contributed by atoms with van der Waals surface area (Å²) < 4.78 is 2.06. The van der Waals surface area contributed by atoms with E-state index in [-0.39, 0.29) is 0 Å². The lowest BCUT2D eigenvalue weighted by atomic mass is 10.0. The van der Waals surface area contributed by atoms with Gasteiger partial charge >= 0.3 is 5.97 Å². The highest BCUT2D eigenvalue weighted by Crippen LogP contribution is 2.29. The van der Waals surface area contributed by atoms with Gasteiger partial charge in [-0.25, -0.2) is 4.99 Å². The molecule has 6 heteroatoms. The molecule has 0 radical (unpaired) electrons. The zero-order valence-corrected chi connectivity index (χ0v) is 13.5. The molecule has 1 atom stereocenters. The third-order valence-corrected chi connectivity index (χ3v) is 4.30. The van der Waals surface area contributed by atoms with E-state index in [9.17, 15) is 4.79 Å². The lowest BCUT2D eigenvalue weighted by Crippen LogP contribution is -2.13. The molecular formula is C15H17ClN2O2S. The van der Waals surface area contributed by atoms with Crippen LogP contribution in [0.25, 0.3) is 0 Å². The summed E-state index contributed by atoms with van der Waals surface area (Å²) in [6, 6.07) is 5.18. The number of halogens is 1. The van der Waals surface area contributed by atoms with Crippen molar-refractivity contribution in [1.82, 2.24) is 4.57 Å². The van der Waals surface area contributed by atoms with E-state index in [0.29, 0.717) is 16.3 Å². The molecule has 0 saturated carbocycles. The van der Waals surface area contributed by atoms with Crippen molar-refractivity contribution in [3.8, 4) is 0 Å². The quantitative estimate of drug-likeness (QED) is 0.902. The molecule has 2 rings (SSSR count). The first-order valence-electron chi connectivity index (χ1n) is 6.73. The standard InChI is InChI=1S/C15H17ClN2O2S/c1-3-6-18-7-8-21-15(18)17-13-9-11(4-5-12(13)16)10(2)14(19)20/h4-5,7-10H,3,6H2,1-2H3,(H,19,20). The normalized spacial score (nSPS) is 13.4. The van der Waals surface area contributed by atoms with Crippen molar-refractivity contribution in [2.45, 2.75) is 32.7 Å². The summed E-state index contributed by atoms with van der Waals surface area (Å²) in [6.45, 7) is 4.65. The molecule has 0 fully saturated rings. The second-order valence-electron chi connectivity index (χ2n) is 4.76. The molecule has 1 aromatic heterocycles. The van der Waals surface area contributed by atoms with Crippen molar-refractivity contribution in [2.75, 3.05) is 0 Å². The topological polar surface area (TPSA) is 54.6 Å². The second-order valence-corrected chi connectivity index (χ2v) is 6.04. The number of rotatable bonds is 5. The Hall–Kier alpha value is -1.59. The van der Waals surface area contributed by atoms with E-state index in [1.807, 2.05) is 11.6 Å². The number of thiazole rings is 1. The van der Waals surface area contributed by atoms with Crippen molar-refractivity contribution in [3.63, 3.8) is 0 Å². The third-order valence-electron chi connectivity index (χ3n) is 3.18. The molecule has 0 aliphatic rings. The molecule has 2 aromatic rings. The van der Waals surface area contributed by atoms with E-state index in [2.05, 4.69) is 16.5 Å². The van der Waals surface area contributed by atoms with Crippen LogP contribution in [-0.4, -0.2) is 15.6 Å². The van der Waals surface area contributed by atoms with Crippen molar-refractivity contribution in [2.24, 2.45) is 4.99 Å². The molecular weight excluding hydrogens is 308 g/mol. The Balaban J connectivity index is 2.46. The van der Waals surface area contributed by atoms with Gasteiger partial charge in [-0.3, -0.25) is 4.79 Å². The first kappa shape index (κ1) is 15.8. The minimum atomic E-state index is -0.861. The zero-order chi connectivity index (χ0) is 15.4. The Labute approximate surface area is 132 Å². The maximum Gasteiger partial charge on any atom is 0.310 e. The maximum absolute atomic E-state index is 11.1. The SMILES string of the molecule is CCCn1ccsc1=Nc1cc(C(C)C(=O)O)ccc1Cl. The summed E-state index contributed by atoms with van der Waals surface area (Å²) in [4.78, 5) is 16.5. The summed E-state index contributed by atoms with van der Waals surface area (Å²) in [5.74, 6) is -1.44. The Morgan fingerprint density at radius 1 is 1.52 bits per heavy atom. The van der Waals surface area contributed by atoms with Gasteiger partial charge in [-0.2, -0.15) is 0 Å². The fourth-order valence-electron chi connectivity index (χ4n) is 1.93. The number of hydrogen-bond acceptors (Lipinski definition) is 3. The van der Waals surface area contributed by atoms with Crippen LogP contribution in [0, 0.1) is 0 Å². The van der Waals surface area contributed by atoms with Crippen molar-refractivity contribution in [1.29, 1.82) is 0 Å². The molecule has 1 unspecified atom stereocenters. The minimum Gasteiger partial charge on any atom is -0.481 e. The molecule has 1 aromatic carbocycles. The highest BCUT2D eigenvalue weighted by Gasteiger charge is 2.15. The number of hydrogen-bond donors (Lipinski definition) is 1. The molecule has 0 bridgehead atoms. The van der Waals surface area contributed by atoms with Gasteiger partial charge < -0.3 is 9.67 Å². The van der Waals surface area contributed by atoms with E-state index < -0.39 is 11.9 Å². The highest BCUT2D eigenvalue weighted by atomic mass is 35.5. The van der Waals surface area contributed by atoms with Crippen LogP contribution >= 0.6 is 22.9 Å². The van der Waals surface area contributed by atoms with Gasteiger partial charge in [0.1, 0.15) is 0 Å². The predicted octanol–water partition coefficient (Wildman–Crippen LogP) is 4.03. The largest absolute Gasteiger partial charge is 0.481 e. The first-order chi connectivity index (χ1) is 10.0. The van der Waals surface area contributed by atoms with E-state index >= 15 is 0 Å². The highest BCUT2D eigenvalue weighted by molar-refractivity contribution is 7.07. The molecule has 0 saturated heterocycles. The molecule has 0 aliphatic carbocycles. The number of aryl methyl sites for hydroxylation is 1. The first-order valence-corrected chi connectivity index (χ1v) is 7.99. The van der Waals surface area contributed by atoms with E-state index in [1.165, 1.54) is 11.3 Å². The smallest absolute Gasteiger partial charge is 0.310 e. The monoisotopic (exact) mass is 324 g/mol. The zero-order valence-electron chi connectivity index (χ0n) is 11.9. The van der Waals surface area contributed by atoms with E-state index in [0.717, 1.165) is 17.8 Å². The average molecular weight is 325 g/mol. The van der Waals surface area contributed by atoms with Gasteiger partial charge in [0.05, 0.1) is 16.6 Å². The number of nitrogens with zero attached hydrogens (tertiary/aromatic N) is 2. The van der Waals surface area contributed by atoms with Crippen molar-refractivity contribution in [3.05, 3.63) is 45.2 Å². The maximum atomic E-state index is 11.1. The second kappa shape index (κ2) is 6.91. The van der Waals surface area contributed by atoms with Gasteiger partial charge in [0.25, 0.3) is 0 Å². The van der Waals surface area contributed by atoms with Crippen LogP contribution in [0.4, 0.5) is 5.69 Å². The van der Waals surface area contributed by atoms with E-state index in [1.54, 1.807) is 25.1 Å². The van der Waals surface area contributed by atoms with Crippen LogP contribution in [0.2, 0.25) is 5.02 Å². The average Bonchev–Trinajstić information content (AvgIpc) is 2.88. The number of carboxylic acids is 1. The van der Waals surface area contributed by atoms with Gasteiger partial charge in [-0.1, -0.05) is 24.6 Å². The van der Waals surface area contributed by atoms with Crippen molar-refractivity contribution >= 4 is 34.6 Å². The Kier molecular flexibility index (Phi) is 5.20.